The number of para-hydroxylation sites is 1. The first-order chi connectivity index (χ1) is 9.22. The Kier molecular flexibility index (Phi) is 2.88. The molecule has 3 rings (SSSR count). The minimum Gasteiger partial charge on any atom is -0.410 e. The molecule has 0 atom stereocenters. The standard InChI is InChI=1S/C12H10N4O2S/c1-8-7-19-11-13-10(15-16(8)11)14-12(17)18-9-5-3-2-4-6-9/h2-7H,1H3,(H,14,15,17). The highest BCUT2D eigenvalue weighted by Gasteiger charge is 2.11. The Morgan fingerprint density at radius 3 is 2.89 bits per heavy atom. The van der Waals surface area contributed by atoms with Crippen LogP contribution in [-0.2, 0) is 0 Å². The number of fused-ring (bicyclic) bond motifs is 1. The molecule has 0 bridgehead atoms. The van der Waals surface area contributed by atoms with E-state index in [4.69, 9.17) is 4.74 Å². The molecular formula is C12H10N4O2S. The van der Waals surface area contributed by atoms with Crippen molar-refractivity contribution in [1.29, 1.82) is 0 Å². The summed E-state index contributed by atoms with van der Waals surface area (Å²) >= 11 is 1.46. The van der Waals surface area contributed by atoms with Gasteiger partial charge in [0.25, 0.3) is 5.95 Å². The molecule has 96 valence electrons. The van der Waals surface area contributed by atoms with Crippen LogP contribution >= 0.6 is 11.3 Å². The second-order valence-corrected chi connectivity index (χ2v) is 4.67. The number of ether oxygens (including phenoxy) is 1. The van der Waals surface area contributed by atoms with Gasteiger partial charge in [-0.2, -0.15) is 4.98 Å². The molecule has 0 radical (unpaired) electrons. The van der Waals surface area contributed by atoms with Crippen molar-refractivity contribution in [3.8, 4) is 5.75 Å². The van der Waals surface area contributed by atoms with Crippen molar-refractivity contribution in [2.75, 3.05) is 5.32 Å². The zero-order valence-electron chi connectivity index (χ0n) is 10.0. The van der Waals surface area contributed by atoms with E-state index in [0.717, 1.165) is 10.7 Å². The zero-order valence-corrected chi connectivity index (χ0v) is 10.8. The number of carbonyl (C=O) groups excluding carboxylic acids is 1. The highest BCUT2D eigenvalue weighted by molar-refractivity contribution is 7.15. The van der Waals surface area contributed by atoms with Crippen molar-refractivity contribution in [3.63, 3.8) is 0 Å². The molecule has 1 amide bonds. The van der Waals surface area contributed by atoms with Gasteiger partial charge in [0.1, 0.15) is 5.75 Å². The summed E-state index contributed by atoms with van der Waals surface area (Å²) in [6.45, 7) is 1.92. The lowest BCUT2D eigenvalue weighted by Crippen LogP contribution is -2.17. The smallest absolute Gasteiger partial charge is 0.410 e. The number of hydrogen-bond donors (Lipinski definition) is 1. The molecule has 7 heteroatoms. The van der Waals surface area contributed by atoms with E-state index in [-0.39, 0.29) is 5.95 Å². The second-order valence-electron chi connectivity index (χ2n) is 3.83. The van der Waals surface area contributed by atoms with Crippen LogP contribution < -0.4 is 10.1 Å². The number of thiazole rings is 1. The van der Waals surface area contributed by atoms with Gasteiger partial charge in [0.15, 0.2) is 0 Å². The summed E-state index contributed by atoms with van der Waals surface area (Å²) in [6.07, 6.45) is -0.609. The molecule has 0 unspecified atom stereocenters. The molecule has 2 aromatic heterocycles. The summed E-state index contributed by atoms with van der Waals surface area (Å²) in [7, 11) is 0. The molecule has 19 heavy (non-hydrogen) atoms. The van der Waals surface area contributed by atoms with Crippen molar-refractivity contribution in [2.24, 2.45) is 0 Å². The first kappa shape index (κ1) is 11.7. The lowest BCUT2D eigenvalue weighted by atomic mass is 10.3. The molecule has 0 aliphatic carbocycles. The Labute approximate surface area is 112 Å². The number of nitrogens with one attached hydrogen (secondary N) is 1. The Morgan fingerprint density at radius 1 is 1.37 bits per heavy atom. The molecule has 6 nitrogen and oxygen atoms in total. The number of aromatic nitrogens is 3. The van der Waals surface area contributed by atoms with Gasteiger partial charge in [0, 0.05) is 5.38 Å². The normalized spacial score (nSPS) is 10.6. The third kappa shape index (κ3) is 2.41. The van der Waals surface area contributed by atoms with Crippen LogP contribution in [0.4, 0.5) is 10.7 Å². The van der Waals surface area contributed by atoms with E-state index in [1.807, 2.05) is 18.4 Å². The Morgan fingerprint density at radius 2 is 2.16 bits per heavy atom. The summed E-state index contributed by atoms with van der Waals surface area (Å²) in [5, 5.41) is 8.60. The number of amides is 1. The van der Waals surface area contributed by atoms with Gasteiger partial charge in [-0.15, -0.1) is 16.4 Å². The molecule has 2 heterocycles. The third-order valence-corrected chi connectivity index (χ3v) is 3.35. The number of carbonyl (C=O) groups is 1. The lowest BCUT2D eigenvalue weighted by molar-refractivity contribution is 0.215. The molecule has 3 aromatic rings. The number of anilines is 1. The summed E-state index contributed by atoms with van der Waals surface area (Å²) in [5.41, 5.74) is 0.969. The van der Waals surface area contributed by atoms with Crippen molar-refractivity contribution in [1.82, 2.24) is 14.6 Å². The van der Waals surface area contributed by atoms with E-state index < -0.39 is 6.09 Å². The zero-order chi connectivity index (χ0) is 13.2. The van der Waals surface area contributed by atoms with Crippen LogP contribution in [0.3, 0.4) is 0 Å². The van der Waals surface area contributed by atoms with E-state index in [1.165, 1.54) is 11.3 Å². The average molecular weight is 274 g/mol. The fourth-order valence-electron chi connectivity index (χ4n) is 1.56. The van der Waals surface area contributed by atoms with Crippen molar-refractivity contribution >= 4 is 28.3 Å². The molecule has 0 saturated heterocycles. The fourth-order valence-corrected chi connectivity index (χ4v) is 2.36. The van der Waals surface area contributed by atoms with Crippen LogP contribution in [0.1, 0.15) is 5.69 Å². The van der Waals surface area contributed by atoms with E-state index >= 15 is 0 Å². The van der Waals surface area contributed by atoms with Crippen molar-refractivity contribution in [3.05, 3.63) is 41.4 Å². The molecule has 0 aliphatic rings. The number of nitrogens with zero attached hydrogens (tertiary/aromatic N) is 3. The minimum absolute atomic E-state index is 0.232. The van der Waals surface area contributed by atoms with Crippen molar-refractivity contribution in [2.45, 2.75) is 6.92 Å². The van der Waals surface area contributed by atoms with Crippen LogP contribution in [-0.4, -0.2) is 20.7 Å². The quantitative estimate of drug-likeness (QED) is 0.780. The third-order valence-electron chi connectivity index (χ3n) is 2.41. The second kappa shape index (κ2) is 4.69. The molecule has 0 fully saturated rings. The summed E-state index contributed by atoms with van der Waals surface area (Å²) < 4.78 is 6.75. The van der Waals surface area contributed by atoms with Crippen molar-refractivity contribution < 1.29 is 9.53 Å². The van der Waals surface area contributed by atoms with Gasteiger partial charge in [0.05, 0.1) is 5.69 Å². The van der Waals surface area contributed by atoms with Crippen LogP contribution in [0.2, 0.25) is 0 Å². The van der Waals surface area contributed by atoms with Gasteiger partial charge in [-0.1, -0.05) is 18.2 Å². The van der Waals surface area contributed by atoms with E-state index in [1.54, 1.807) is 28.8 Å². The highest BCUT2D eigenvalue weighted by atomic mass is 32.1. The van der Waals surface area contributed by atoms with Crippen LogP contribution in [0.15, 0.2) is 35.7 Å². The molecule has 1 N–H and O–H groups in total. The summed E-state index contributed by atoms with van der Waals surface area (Å²) in [5.74, 6) is 0.702. The maximum Gasteiger partial charge on any atom is 0.419 e. The Balaban J connectivity index is 1.72. The predicted molar refractivity (Wildman–Crippen MR) is 71.7 cm³/mol. The molecule has 0 aliphatic heterocycles. The molecule has 0 saturated carbocycles. The summed E-state index contributed by atoms with van der Waals surface area (Å²) in [4.78, 5) is 16.5. The van der Waals surface area contributed by atoms with Gasteiger partial charge in [-0.25, -0.2) is 9.31 Å². The Hall–Kier alpha value is -2.41. The van der Waals surface area contributed by atoms with E-state index in [0.29, 0.717) is 5.75 Å². The number of hydrogen-bond acceptors (Lipinski definition) is 5. The number of benzene rings is 1. The van der Waals surface area contributed by atoms with Gasteiger partial charge >= 0.3 is 6.09 Å². The van der Waals surface area contributed by atoms with Crippen LogP contribution in [0, 0.1) is 6.92 Å². The minimum atomic E-state index is -0.609. The maximum absolute atomic E-state index is 11.6. The van der Waals surface area contributed by atoms with Gasteiger partial charge in [-0.05, 0) is 19.1 Å². The first-order valence-electron chi connectivity index (χ1n) is 5.57. The molecular weight excluding hydrogens is 264 g/mol. The SMILES string of the molecule is Cc1csc2nc(NC(=O)Oc3ccccc3)nn12. The fraction of sp³-hybridized carbons (Fsp3) is 0.0833. The van der Waals surface area contributed by atoms with E-state index in [9.17, 15) is 4.79 Å². The molecule has 1 aromatic carbocycles. The van der Waals surface area contributed by atoms with Gasteiger partial charge in [-0.3, -0.25) is 5.32 Å². The van der Waals surface area contributed by atoms with E-state index in [2.05, 4.69) is 15.4 Å². The van der Waals surface area contributed by atoms with Gasteiger partial charge < -0.3 is 4.74 Å². The monoisotopic (exact) mass is 274 g/mol. The first-order valence-corrected chi connectivity index (χ1v) is 6.45. The lowest BCUT2D eigenvalue weighted by Gasteiger charge is -2.02. The molecule has 0 spiro atoms. The average Bonchev–Trinajstić information content (AvgIpc) is 2.93. The topological polar surface area (TPSA) is 68.5 Å². The van der Waals surface area contributed by atoms with Gasteiger partial charge in [0.2, 0.25) is 4.96 Å². The van der Waals surface area contributed by atoms with Crippen LogP contribution in [0.5, 0.6) is 5.75 Å². The van der Waals surface area contributed by atoms with Crippen LogP contribution in [0.25, 0.3) is 4.96 Å². The summed E-state index contributed by atoms with van der Waals surface area (Å²) in [6, 6.07) is 8.82. The number of rotatable bonds is 2. The Bertz CT molecular complexity index is 720. The maximum atomic E-state index is 11.6. The number of aryl methyl sites for hydroxylation is 1. The largest absolute Gasteiger partial charge is 0.419 e. The highest BCUT2D eigenvalue weighted by Crippen LogP contribution is 2.15. The predicted octanol–water partition coefficient (Wildman–Crippen LogP) is 2.71.